The highest BCUT2D eigenvalue weighted by Crippen LogP contribution is 2.23. The molecule has 0 radical (unpaired) electrons. The number of carbonyl (C=O) groups is 1. The van der Waals surface area contributed by atoms with Crippen molar-refractivity contribution >= 4 is 37.8 Å². The van der Waals surface area contributed by atoms with E-state index >= 15 is 0 Å². The van der Waals surface area contributed by atoms with E-state index in [2.05, 4.69) is 43.8 Å². The molecule has 1 aliphatic rings. The van der Waals surface area contributed by atoms with Gasteiger partial charge in [-0.2, -0.15) is 0 Å². The van der Waals surface area contributed by atoms with E-state index in [1.165, 1.54) is 0 Å². The third-order valence-corrected chi connectivity index (χ3v) is 4.10. The Labute approximate surface area is 118 Å². The van der Waals surface area contributed by atoms with E-state index in [9.17, 15) is 4.79 Å². The van der Waals surface area contributed by atoms with Gasteiger partial charge in [-0.25, -0.2) is 0 Å². The summed E-state index contributed by atoms with van der Waals surface area (Å²) in [5.74, 6) is 0.109. The zero-order valence-corrected chi connectivity index (χ0v) is 12.8. The summed E-state index contributed by atoms with van der Waals surface area (Å²) in [6, 6.07) is 5.66. The highest BCUT2D eigenvalue weighted by Gasteiger charge is 2.21. The van der Waals surface area contributed by atoms with Crippen molar-refractivity contribution in [3.8, 4) is 0 Å². The topological polar surface area (TPSA) is 23.6 Å². The molecule has 0 saturated carbocycles. The lowest BCUT2D eigenvalue weighted by molar-refractivity contribution is 0.0663. The molecule has 0 atom stereocenters. The van der Waals surface area contributed by atoms with Gasteiger partial charge in [-0.15, -0.1) is 0 Å². The summed E-state index contributed by atoms with van der Waals surface area (Å²) in [7, 11) is 2.08. The van der Waals surface area contributed by atoms with Crippen LogP contribution in [0.5, 0.6) is 0 Å². The minimum absolute atomic E-state index is 0.109. The molecule has 2 rings (SSSR count). The number of amides is 1. The number of benzene rings is 1. The fraction of sp³-hybridized carbons (Fsp3) is 0.417. The third kappa shape index (κ3) is 3.09. The number of halogens is 2. The second kappa shape index (κ2) is 5.50. The summed E-state index contributed by atoms with van der Waals surface area (Å²) in [6.07, 6.45) is 0. The van der Waals surface area contributed by atoms with Crippen LogP contribution in [0.2, 0.25) is 0 Å². The summed E-state index contributed by atoms with van der Waals surface area (Å²) < 4.78 is 1.81. The van der Waals surface area contributed by atoms with Gasteiger partial charge in [-0.05, 0) is 41.2 Å². The van der Waals surface area contributed by atoms with Crippen LogP contribution in [0.1, 0.15) is 10.4 Å². The predicted molar refractivity (Wildman–Crippen MR) is 75.2 cm³/mol. The largest absolute Gasteiger partial charge is 0.336 e. The Bertz CT molecular complexity index is 429. The van der Waals surface area contributed by atoms with Gasteiger partial charge in [0, 0.05) is 35.1 Å². The Balaban J connectivity index is 2.14. The van der Waals surface area contributed by atoms with E-state index in [-0.39, 0.29) is 5.91 Å². The van der Waals surface area contributed by atoms with Crippen LogP contribution in [0.3, 0.4) is 0 Å². The second-order valence-corrected chi connectivity index (χ2v) is 5.99. The maximum atomic E-state index is 12.3. The quantitative estimate of drug-likeness (QED) is 0.767. The van der Waals surface area contributed by atoms with Crippen molar-refractivity contribution in [3.05, 3.63) is 32.7 Å². The van der Waals surface area contributed by atoms with E-state index < -0.39 is 0 Å². The van der Waals surface area contributed by atoms with Crippen LogP contribution in [-0.4, -0.2) is 48.9 Å². The molecule has 1 saturated heterocycles. The molecule has 1 heterocycles. The van der Waals surface area contributed by atoms with Crippen molar-refractivity contribution in [2.45, 2.75) is 0 Å². The first-order valence-electron chi connectivity index (χ1n) is 5.51. The Morgan fingerprint density at radius 3 is 2.41 bits per heavy atom. The fourth-order valence-electron chi connectivity index (χ4n) is 1.84. The molecular formula is C12H14Br2N2O. The maximum absolute atomic E-state index is 12.3. The molecule has 3 nitrogen and oxygen atoms in total. The van der Waals surface area contributed by atoms with Crippen molar-refractivity contribution in [2.24, 2.45) is 0 Å². The number of carbonyl (C=O) groups excluding carboxylic acids is 1. The minimum atomic E-state index is 0.109. The Morgan fingerprint density at radius 1 is 1.18 bits per heavy atom. The monoisotopic (exact) mass is 360 g/mol. The minimum Gasteiger partial charge on any atom is -0.336 e. The molecule has 1 amide bonds. The predicted octanol–water partition coefficient (Wildman–Crippen LogP) is 2.60. The second-order valence-electron chi connectivity index (χ2n) is 4.22. The molecule has 1 aliphatic heterocycles. The van der Waals surface area contributed by atoms with Gasteiger partial charge in [-0.1, -0.05) is 15.9 Å². The van der Waals surface area contributed by atoms with Crippen molar-refractivity contribution in [1.29, 1.82) is 0 Å². The summed E-state index contributed by atoms with van der Waals surface area (Å²) in [6.45, 7) is 3.50. The molecule has 0 aromatic heterocycles. The standard InChI is InChI=1S/C12H14Br2N2O/c1-15-4-6-16(7-5-15)12(17)10-3-2-9(13)8-11(10)14/h2-3,8H,4-7H2,1H3. The molecule has 0 aliphatic carbocycles. The Kier molecular flexibility index (Phi) is 4.22. The first-order chi connectivity index (χ1) is 8.08. The van der Waals surface area contributed by atoms with Crippen LogP contribution in [0.4, 0.5) is 0 Å². The van der Waals surface area contributed by atoms with Gasteiger partial charge in [0.25, 0.3) is 5.91 Å². The van der Waals surface area contributed by atoms with Crippen molar-refractivity contribution in [3.63, 3.8) is 0 Å². The van der Waals surface area contributed by atoms with Crippen molar-refractivity contribution < 1.29 is 4.79 Å². The van der Waals surface area contributed by atoms with Gasteiger partial charge >= 0.3 is 0 Å². The molecule has 1 aromatic carbocycles. The SMILES string of the molecule is CN1CCN(C(=O)c2ccc(Br)cc2Br)CC1. The van der Waals surface area contributed by atoms with Crippen LogP contribution >= 0.6 is 31.9 Å². The molecule has 92 valence electrons. The van der Waals surface area contributed by atoms with Crippen LogP contribution in [-0.2, 0) is 0 Å². The van der Waals surface area contributed by atoms with Gasteiger partial charge in [0.15, 0.2) is 0 Å². The van der Waals surface area contributed by atoms with Crippen molar-refractivity contribution in [1.82, 2.24) is 9.80 Å². The number of likely N-dealkylation sites (N-methyl/N-ethyl adjacent to an activating group) is 1. The summed E-state index contributed by atoms with van der Waals surface area (Å²) in [4.78, 5) is 16.4. The van der Waals surface area contributed by atoms with Gasteiger partial charge in [0.05, 0.1) is 5.56 Å². The van der Waals surface area contributed by atoms with E-state index in [0.29, 0.717) is 0 Å². The first-order valence-corrected chi connectivity index (χ1v) is 7.09. The van der Waals surface area contributed by atoms with Gasteiger partial charge in [0.1, 0.15) is 0 Å². The summed E-state index contributed by atoms with van der Waals surface area (Å²) in [5.41, 5.74) is 0.734. The maximum Gasteiger partial charge on any atom is 0.255 e. The molecular weight excluding hydrogens is 348 g/mol. The van der Waals surface area contributed by atoms with Gasteiger partial charge in [-0.3, -0.25) is 4.79 Å². The molecule has 0 bridgehead atoms. The van der Waals surface area contributed by atoms with E-state index in [4.69, 9.17) is 0 Å². The van der Waals surface area contributed by atoms with Gasteiger partial charge < -0.3 is 9.80 Å². The van der Waals surface area contributed by atoms with E-state index in [0.717, 1.165) is 40.7 Å². The van der Waals surface area contributed by atoms with E-state index in [1.54, 1.807) is 0 Å². The average Bonchev–Trinajstić information content (AvgIpc) is 2.29. The fourth-order valence-corrected chi connectivity index (χ4v) is 3.06. The number of rotatable bonds is 1. The van der Waals surface area contributed by atoms with Crippen molar-refractivity contribution in [2.75, 3.05) is 33.2 Å². The molecule has 0 unspecified atom stereocenters. The summed E-state index contributed by atoms with van der Waals surface area (Å²) >= 11 is 6.83. The molecule has 5 heteroatoms. The first kappa shape index (κ1) is 13.1. The molecule has 1 aromatic rings. The highest BCUT2D eigenvalue weighted by molar-refractivity contribution is 9.11. The normalized spacial score (nSPS) is 17.2. The Hall–Kier alpha value is -0.390. The Morgan fingerprint density at radius 2 is 1.82 bits per heavy atom. The lowest BCUT2D eigenvalue weighted by Gasteiger charge is -2.32. The highest BCUT2D eigenvalue weighted by atomic mass is 79.9. The van der Waals surface area contributed by atoms with Crippen LogP contribution in [0.15, 0.2) is 27.1 Å². The van der Waals surface area contributed by atoms with E-state index in [1.807, 2.05) is 23.1 Å². The summed E-state index contributed by atoms with van der Waals surface area (Å²) in [5, 5.41) is 0. The lowest BCUT2D eigenvalue weighted by atomic mass is 10.2. The van der Waals surface area contributed by atoms with Crippen LogP contribution in [0.25, 0.3) is 0 Å². The zero-order valence-electron chi connectivity index (χ0n) is 9.62. The molecule has 1 fully saturated rings. The number of piperazine rings is 1. The van der Waals surface area contributed by atoms with Crippen LogP contribution in [0, 0.1) is 0 Å². The molecule has 0 N–H and O–H groups in total. The smallest absolute Gasteiger partial charge is 0.255 e. The molecule has 17 heavy (non-hydrogen) atoms. The van der Waals surface area contributed by atoms with Gasteiger partial charge in [0.2, 0.25) is 0 Å². The number of hydrogen-bond acceptors (Lipinski definition) is 2. The average molecular weight is 362 g/mol. The zero-order chi connectivity index (χ0) is 12.4. The molecule has 0 spiro atoms. The lowest BCUT2D eigenvalue weighted by Crippen LogP contribution is -2.47. The third-order valence-electron chi connectivity index (χ3n) is 2.95. The van der Waals surface area contributed by atoms with Crippen LogP contribution < -0.4 is 0 Å². The number of hydrogen-bond donors (Lipinski definition) is 0. The number of nitrogens with zero attached hydrogens (tertiary/aromatic N) is 2.